The second kappa shape index (κ2) is 14.7. The average Bonchev–Trinajstić information content (AvgIpc) is 3.25. The Morgan fingerprint density at radius 2 is 1.69 bits per heavy atom. The zero-order valence-corrected chi connectivity index (χ0v) is 22.9. The molecule has 0 saturated carbocycles. The predicted molar refractivity (Wildman–Crippen MR) is 147 cm³/mol. The van der Waals surface area contributed by atoms with Crippen LogP contribution < -0.4 is 15.5 Å². The number of anilines is 1. The molecule has 36 heavy (non-hydrogen) atoms. The van der Waals surface area contributed by atoms with Gasteiger partial charge in [0.15, 0.2) is 0 Å². The van der Waals surface area contributed by atoms with Crippen molar-refractivity contribution in [2.24, 2.45) is 0 Å². The Morgan fingerprint density at radius 1 is 1.06 bits per heavy atom. The van der Waals surface area contributed by atoms with Crippen molar-refractivity contribution in [3.63, 3.8) is 0 Å². The fourth-order valence-corrected chi connectivity index (χ4v) is 3.99. The second-order valence-corrected chi connectivity index (χ2v) is 8.94. The largest absolute Gasteiger partial charge is 0.353 e. The van der Waals surface area contributed by atoms with E-state index >= 15 is 0 Å². The van der Waals surface area contributed by atoms with Gasteiger partial charge in [0.2, 0.25) is 5.91 Å². The van der Waals surface area contributed by atoms with Gasteiger partial charge >= 0.3 is 0 Å². The number of likely N-dealkylation sites (N-methyl/N-ethyl adjacent to an activating group) is 1. The number of fused-ring (bicyclic) bond motifs is 1. The number of hydrogen-bond acceptors (Lipinski definition) is 6. The van der Waals surface area contributed by atoms with Gasteiger partial charge in [-0.05, 0) is 35.7 Å². The zero-order valence-electron chi connectivity index (χ0n) is 21.3. The quantitative estimate of drug-likeness (QED) is 0.455. The molecule has 3 rings (SSSR count). The van der Waals surface area contributed by atoms with Crippen LogP contribution in [0, 0.1) is 18.3 Å². The standard InChI is InChI=1S/C26H34N6O2.2ClH/c1-19(2)28-11-12-29-25(33)17-31(24-13-21(14-27)10-9-20(24)3)18-26(34)30(4)32-15-22-7-5-6-8-23(22)16-32;;/h5-10,13,19,28H,11-12,15-18H2,1-4H3,(H,29,33);2*1H. The molecular formula is C26H36Cl2N6O2. The van der Waals surface area contributed by atoms with Crippen LogP contribution >= 0.6 is 24.8 Å². The Morgan fingerprint density at radius 3 is 2.28 bits per heavy atom. The molecule has 0 aromatic heterocycles. The predicted octanol–water partition coefficient (Wildman–Crippen LogP) is 3.02. The number of halogens is 2. The van der Waals surface area contributed by atoms with E-state index < -0.39 is 0 Å². The highest BCUT2D eigenvalue weighted by Gasteiger charge is 2.27. The van der Waals surface area contributed by atoms with Crippen molar-refractivity contribution >= 4 is 42.3 Å². The fourth-order valence-electron chi connectivity index (χ4n) is 3.99. The van der Waals surface area contributed by atoms with E-state index in [2.05, 4.69) is 42.7 Å². The number of rotatable bonds is 10. The summed E-state index contributed by atoms with van der Waals surface area (Å²) in [4.78, 5) is 27.7. The Hall–Kier alpha value is -2.83. The van der Waals surface area contributed by atoms with Crippen LogP contribution in [-0.4, -0.2) is 61.1 Å². The summed E-state index contributed by atoms with van der Waals surface area (Å²) in [5, 5.41) is 19.2. The van der Waals surface area contributed by atoms with Crippen molar-refractivity contribution in [1.29, 1.82) is 5.26 Å². The van der Waals surface area contributed by atoms with E-state index in [0.29, 0.717) is 43.5 Å². The number of nitrogens with zero attached hydrogens (tertiary/aromatic N) is 4. The third kappa shape index (κ3) is 8.38. The van der Waals surface area contributed by atoms with Crippen LogP contribution in [0.2, 0.25) is 0 Å². The van der Waals surface area contributed by atoms with Gasteiger partial charge in [0.25, 0.3) is 5.91 Å². The maximum absolute atomic E-state index is 13.3. The first-order chi connectivity index (χ1) is 16.3. The number of carbonyl (C=O) groups is 2. The van der Waals surface area contributed by atoms with E-state index in [9.17, 15) is 14.9 Å². The van der Waals surface area contributed by atoms with E-state index in [1.54, 1.807) is 29.1 Å². The molecule has 10 heteroatoms. The third-order valence-corrected chi connectivity index (χ3v) is 5.95. The van der Waals surface area contributed by atoms with Crippen molar-refractivity contribution < 1.29 is 9.59 Å². The average molecular weight is 536 g/mol. The molecule has 1 aliphatic heterocycles. The maximum Gasteiger partial charge on any atom is 0.256 e. The zero-order chi connectivity index (χ0) is 24.7. The number of amides is 2. The summed E-state index contributed by atoms with van der Waals surface area (Å²) in [5.74, 6) is -0.291. The summed E-state index contributed by atoms with van der Waals surface area (Å²) < 4.78 is 0. The van der Waals surface area contributed by atoms with Crippen LogP contribution in [0.1, 0.15) is 36.1 Å². The first-order valence-corrected chi connectivity index (χ1v) is 11.6. The minimum atomic E-state index is -0.170. The Balaban J connectivity index is 0.00000324. The van der Waals surface area contributed by atoms with Gasteiger partial charge in [0, 0.05) is 45.0 Å². The lowest BCUT2D eigenvalue weighted by Crippen LogP contribution is -2.48. The molecule has 0 spiro atoms. The van der Waals surface area contributed by atoms with Crippen LogP contribution in [0.5, 0.6) is 0 Å². The first-order valence-electron chi connectivity index (χ1n) is 11.6. The van der Waals surface area contributed by atoms with Gasteiger partial charge < -0.3 is 15.5 Å². The molecule has 1 aliphatic rings. The molecule has 2 aromatic carbocycles. The van der Waals surface area contributed by atoms with Crippen LogP contribution in [0.3, 0.4) is 0 Å². The van der Waals surface area contributed by atoms with E-state index in [1.165, 1.54) is 11.1 Å². The molecule has 2 amide bonds. The number of nitriles is 1. The normalized spacial score (nSPS) is 12.1. The van der Waals surface area contributed by atoms with E-state index in [-0.39, 0.29) is 49.7 Å². The first kappa shape index (κ1) is 31.2. The summed E-state index contributed by atoms with van der Waals surface area (Å²) in [7, 11) is 1.77. The number of carbonyl (C=O) groups excluding carboxylic acids is 2. The Labute approximate surface area is 226 Å². The summed E-state index contributed by atoms with van der Waals surface area (Å²) >= 11 is 0. The van der Waals surface area contributed by atoms with Gasteiger partial charge in [-0.1, -0.05) is 44.2 Å². The van der Waals surface area contributed by atoms with Crippen molar-refractivity contribution in [2.45, 2.75) is 39.9 Å². The molecule has 196 valence electrons. The van der Waals surface area contributed by atoms with Crippen molar-refractivity contribution in [2.75, 3.05) is 38.1 Å². The molecule has 0 unspecified atom stereocenters. The molecule has 0 atom stereocenters. The highest BCUT2D eigenvalue weighted by Crippen LogP contribution is 2.25. The second-order valence-electron chi connectivity index (χ2n) is 8.94. The molecule has 0 radical (unpaired) electrons. The Kier molecular flexibility index (Phi) is 12.7. The number of benzene rings is 2. The van der Waals surface area contributed by atoms with Gasteiger partial charge in [0.1, 0.15) is 0 Å². The molecule has 8 nitrogen and oxygen atoms in total. The number of hydrogen-bond donors (Lipinski definition) is 2. The fraction of sp³-hybridized carbons (Fsp3) is 0.423. The van der Waals surface area contributed by atoms with E-state index in [4.69, 9.17) is 0 Å². The van der Waals surface area contributed by atoms with Gasteiger partial charge in [0.05, 0.1) is 24.7 Å². The van der Waals surface area contributed by atoms with Gasteiger partial charge in [-0.15, -0.1) is 24.8 Å². The maximum atomic E-state index is 13.3. The summed E-state index contributed by atoms with van der Waals surface area (Å²) in [5.41, 5.74) is 4.53. The summed E-state index contributed by atoms with van der Waals surface area (Å²) in [6.07, 6.45) is 0. The molecule has 2 N–H and O–H groups in total. The van der Waals surface area contributed by atoms with Crippen molar-refractivity contribution in [3.8, 4) is 6.07 Å². The Bertz CT molecular complexity index is 1050. The molecule has 0 fully saturated rings. The van der Waals surface area contributed by atoms with E-state index in [1.807, 2.05) is 30.1 Å². The van der Waals surface area contributed by atoms with Gasteiger partial charge in [-0.25, -0.2) is 5.01 Å². The third-order valence-electron chi connectivity index (χ3n) is 5.95. The number of hydrazine groups is 1. The molecule has 0 saturated heterocycles. The highest BCUT2D eigenvalue weighted by atomic mass is 35.5. The number of aryl methyl sites for hydroxylation is 1. The van der Waals surface area contributed by atoms with Crippen LogP contribution in [0.4, 0.5) is 5.69 Å². The molecule has 0 aliphatic carbocycles. The molecular weight excluding hydrogens is 499 g/mol. The smallest absolute Gasteiger partial charge is 0.256 e. The van der Waals surface area contributed by atoms with Crippen LogP contribution in [0.25, 0.3) is 0 Å². The van der Waals surface area contributed by atoms with Crippen LogP contribution in [-0.2, 0) is 22.7 Å². The molecule has 0 bridgehead atoms. The van der Waals surface area contributed by atoms with Crippen molar-refractivity contribution in [3.05, 3.63) is 64.7 Å². The lowest BCUT2D eigenvalue weighted by atomic mass is 10.1. The summed E-state index contributed by atoms with van der Waals surface area (Å²) in [6.45, 7) is 8.58. The van der Waals surface area contributed by atoms with Gasteiger partial charge in [-0.3, -0.25) is 14.6 Å². The van der Waals surface area contributed by atoms with E-state index in [0.717, 1.165) is 5.56 Å². The topological polar surface area (TPSA) is 91.7 Å². The van der Waals surface area contributed by atoms with Crippen LogP contribution in [0.15, 0.2) is 42.5 Å². The monoisotopic (exact) mass is 534 g/mol. The lowest BCUT2D eigenvalue weighted by Gasteiger charge is -2.32. The molecule has 1 heterocycles. The van der Waals surface area contributed by atoms with Gasteiger partial charge in [-0.2, -0.15) is 5.26 Å². The number of nitrogens with one attached hydrogen (secondary N) is 2. The lowest BCUT2D eigenvalue weighted by molar-refractivity contribution is -0.145. The SMILES string of the molecule is Cc1ccc(C#N)cc1N(CC(=O)NCCNC(C)C)CC(=O)N(C)N1Cc2ccccc2C1.Cl.Cl. The highest BCUT2D eigenvalue weighted by molar-refractivity contribution is 5.87. The minimum absolute atomic E-state index is 0. The minimum Gasteiger partial charge on any atom is -0.353 e. The van der Waals surface area contributed by atoms with Crippen molar-refractivity contribution in [1.82, 2.24) is 20.7 Å². The summed E-state index contributed by atoms with van der Waals surface area (Å²) in [6, 6.07) is 16.0. The molecule has 2 aromatic rings.